The molecule has 0 unspecified atom stereocenters. The van der Waals surface area contributed by atoms with E-state index < -0.39 is 36.5 Å². The third kappa shape index (κ3) is 8.44. The molecule has 0 heterocycles. The Labute approximate surface area is 115 Å². The molecule has 6 nitrogen and oxygen atoms in total. The number of urea groups is 1. The van der Waals surface area contributed by atoms with E-state index in [9.17, 15) is 22.8 Å². The summed E-state index contributed by atoms with van der Waals surface area (Å²) in [6.45, 7) is 6.45. The van der Waals surface area contributed by atoms with Gasteiger partial charge in [-0.05, 0) is 34.6 Å². The van der Waals surface area contributed by atoms with Gasteiger partial charge in [0.2, 0.25) is 0 Å². The minimum absolute atomic E-state index is 0.546. The number of hydrogen-bond acceptors (Lipinski definition) is 3. The molecule has 0 saturated heterocycles. The van der Waals surface area contributed by atoms with Gasteiger partial charge in [0, 0.05) is 6.04 Å². The van der Waals surface area contributed by atoms with E-state index in [-0.39, 0.29) is 0 Å². The minimum atomic E-state index is -4.52. The third-order valence-corrected chi connectivity index (χ3v) is 1.79. The highest BCUT2D eigenvalue weighted by atomic mass is 19.4. The van der Waals surface area contributed by atoms with Gasteiger partial charge in [-0.15, -0.1) is 0 Å². The van der Waals surface area contributed by atoms with Gasteiger partial charge in [0.1, 0.15) is 12.1 Å². The molecule has 20 heavy (non-hydrogen) atoms. The van der Waals surface area contributed by atoms with Crippen LogP contribution in [-0.4, -0.2) is 41.5 Å². The first-order valence-electron chi connectivity index (χ1n) is 5.95. The lowest BCUT2D eigenvalue weighted by atomic mass is 10.2. The number of carbonyl (C=O) groups is 2. The molecule has 0 fully saturated rings. The summed E-state index contributed by atoms with van der Waals surface area (Å²) in [7, 11) is 0. The lowest BCUT2D eigenvalue weighted by Crippen LogP contribution is -2.55. The van der Waals surface area contributed by atoms with E-state index in [1.807, 2.05) is 0 Å². The Balaban J connectivity index is 4.58. The second-order valence-electron chi connectivity index (χ2n) is 5.35. The molecule has 0 spiro atoms. The number of rotatable bonds is 2. The fourth-order valence-electron chi connectivity index (χ4n) is 1.07. The number of hydrogen-bond donors (Lipinski definition) is 2. The number of ether oxygens (including phenoxy) is 1. The zero-order chi connectivity index (χ0) is 16.1. The molecule has 0 aliphatic rings. The Kier molecular flexibility index (Phi) is 6.11. The molecule has 0 saturated carbocycles. The van der Waals surface area contributed by atoms with Crippen molar-refractivity contribution in [2.24, 2.45) is 0 Å². The summed E-state index contributed by atoms with van der Waals surface area (Å²) in [6, 6.07) is -1.61. The van der Waals surface area contributed by atoms with Crippen molar-refractivity contribution < 1.29 is 27.5 Å². The summed E-state index contributed by atoms with van der Waals surface area (Å²) in [4.78, 5) is 23.1. The molecule has 118 valence electrons. The topological polar surface area (TPSA) is 70.7 Å². The maximum atomic E-state index is 12.0. The predicted octanol–water partition coefficient (Wildman–Crippen LogP) is 2.41. The summed E-state index contributed by atoms with van der Waals surface area (Å²) in [5.74, 6) is 0. The summed E-state index contributed by atoms with van der Waals surface area (Å²) in [5.41, 5.74) is 1.32. The number of nitrogens with one attached hydrogen (secondary N) is 2. The maximum Gasteiger partial charge on any atom is 0.426 e. The predicted molar refractivity (Wildman–Crippen MR) is 65.8 cm³/mol. The molecule has 0 radical (unpaired) electrons. The SMILES string of the molecule is CC(C)N(NC(=O)OC(C)(C)C)C(=O)NCC(F)(F)F. The van der Waals surface area contributed by atoms with Crippen molar-refractivity contribution >= 4 is 12.1 Å². The van der Waals surface area contributed by atoms with E-state index in [0.717, 1.165) is 5.01 Å². The van der Waals surface area contributed by atoms with Crippen LogP contribution in [0.1, 0.15) is 34.6 Å². The second kappa shape index (κ2) is 6.67. The molecular formula is C11H20F3N3O3. The van der Waals surface area contributed by atoms with Crippen molar-refractivity contribution in [1.29, 1.82) is 0 Å². The van der Waals surface area contributed by atoms with Crippen molar-refractivity contribution in [3.05, 3.63) is 0 Å². The number of alkyl halides is 3. The molecule has 0 aromatic carbocycles. The van der Waals surface area contributed by atoms with E-state index >= 15 is 0 Å². The third-order valence-electron chi connectivity index (χ3n) is 1.79. The Morgan fingerprint density at radius 2 is 1.70 bits per heavy atom. The van der Waals surface area contributed by atoms with E-state index in [1.165, 1.54) is 13.8 Å². The Morgan fingerprint density at radius 1 is 1.20 bits per heavy atom. The van der Waals surface area contributed by atoms with Crippen molar-refractivity contribution in [2.75, 3.05) is 6.54 Å². The van der Waals surface area contributed by atoms with Crippen LogP contribution in [0.3, 0.4) is 0 Å². The molecule has 2 N–H and O–H groups in total. The number of amides is 3. The van der Waals surface area contributed by atoms with Gasteiger partial charge in [-0.1, -0.05) is 0 Å². The van der Waals surface area contributed by atoms with Gasteiger partial charge in [0.05, 0.1) is 0 Å². The van der Waals surface area contributed by atoms with Gasteiger partial charge in [-0.3, -0.25) is 0 Å². The fraction of sp³-hybridized carbons (Fsp3) is 0.818. The second-order valence-corrected chi connectivity index (χ2v) is 5.35. The average Bonchev–Trinajstić information content (AvgIpc) is 2.18. The van der Waals surface area contributed by atoms with E-state index in [0.29, 0.717) is 0 Å². The molecule has 0 bridgehead atoms. The highest BCUT2D eigenvalue weighted by Crippen LogP contribution is 2.12. The van der Waals surface area contributed by atoms with Gasteiger partial charge in [-0.25, -0.2) is 20.0 Å². The fourth-order valence-corrected chi connectivity index (χ4v) is 1.07. The molecule has 0 aromatic rings. The number of halogens is 3. The first-order chi connectivity index (χ1) is 8.82. The van der Waals surface area contributed by atoms with Crippen LogP contribution in [0.15, 0.2) is 0 Å². The van der Waals surface area contributed by atoms with Gasteiger partial charge in [0.15, 0.2) is 0 Å². The van der Waals surface area contributed by atoms with E-state index in [2.05, 4.69) is 5.43 Å². The standard InChI is InChI=1S/C11H20F3N3O3/c1-7(2)17(8(18)15-6-11(12,13)14)16-9(19)20-10(3,4)5/h7H,6H2,1-5H3,(H,15,18)(H,16,19). The van der Waals surface area contributed by atoms with Crippen LogP contribution in [0.25, 0.3) is 0 Å². The lowest BCUT2D eigenvalue weighted by molar-refractivity contribution is -0.123. The number of carbonyl (C=O) groups excluding carboxylic acids is 2. The van der Waals surface area contributed by atoms with Crippen LogP contribution >= 0.6 is 0 Å². The van der Waals surface area contributed by atoms with Crippen LogP contribution in [0.4, 0.5) is 22.8 Å². The zero-order valence-corrected chi connectivity index (χ0v) is 12.1. The first kappa shape index (κ1) is 18.3. The van der Waals surface area contributed by atoms with Crippen LogP contribution < -0.4 is 10.7 Å². The normalized spacial score (nSPS) is 12.1. The lowest BCUT2D eigenvalue weighted by Gasteiger charge is -2.29. The van der Waals surface area contributed by atoms with Gasteiger partial charge in [0.25, 0.3) is 0 Å². The molecule has 9 heteroatoms. The smallest absolute Gasteiger partial charge is 0.426 e. The Morgan fingerprint density at radius 3 is 2.05 bits per heavy atom. The summed E-state index contributed by atoms with van der Waals surface area (Å²) < 4.78 is 41.0. The minimum Gasteiger partial charge on any atom is -0.443 e. The van der Waals surface area contributed by atoms with Gasteiger partial charge >= 0.3 is 18.3 Å². The molecule has 0 rings (SSSR count). The zero-order valence-electron chi connectivity index (χ0n) is 12.1. The van der Waals surface area contributed by atoms with Crippen LogP contribution in [0.5, 0.6) is 0 Å². The highest BCUT2D eigenvalue weighted by molar-refractivity contribution is 5.78. The van der Waals surface area contributed by atoms with Crippen LogP contribution in [0.2, 0.25) is 0 Å². The van der Waals surface area contributed by atoms with Crippen molar-refractivity contribution in [1.82, 2.24) is 15.8 Å². The molecule has 0 aliphatic carbocycles. The number of hydrazine groups is 1. The monoisotopic (exact) mass is 299 g/mol. The molecule has 0 aromatic heterocycles. The van der Waals surface area contributed by atoms with E-state index in [4.69, 9.17) is 4.74 Å². The van der Waals surface area contributed by atoms with Crippen molar-refractivity contribution in [3.63, 3.8) is 0 Å². The molecular weight excluding hydrogens is 279 g/mol. The first-order valence-corrected chi connectivity index (χ1v) is 5.95. The quantitative estimate of drug-likeness (QED) is 0.769. The Hall–Kier alpha value is -1.67. The van der Waals surface area contributed by atoms with Crippen molar-refractivity contribution in [2.45, 2.75) is 52.4 Å². The summed E-state index contributed by atoms with van der Waals surface area (Å²) >= 11 is 0. The number of nitrogens with zero attached hydrogens (tertiary/aromatic N) is 1. The summed E-state index contributed by atoms with van der Waals surface area (Å²) in [5, 5.41) is 2.40. The average molecular weight is 299 g/mol. The molecule has 0 aliphatic heterocycles. The van der Waals surface area contributed by atoms with Crippen molar-refractivity contribution in [3.8, 4) is 0 Å². The Bertz CT molecular complexity index is 351. The van der Waals surface area contributed by atoms with Gasteiger partial charge < -0.3 is 10.1 Å². The largest absolute Gasteiger partial charge is 0.443 e. The van der Waals surface area contributed by atoms with E-state index in [1.54, 1.807) is 26.1 Å². The highest BCUT2D eigenvalue weighted by Gasteiger charge is 2.30. The summed E-state index contributed by atoms with van der Waals surface area (Å²) in [6.07, 6.45) is -5.45. The maximum absolute atomic E-state index is 12.0. The van der Waals surface area contributed by atoms with Crippen LogP contribution in [-0.2, 0) is 4.74 Å². The van der Waals surface area contributed by atoms with Gasteiger partial charge in [-0.2, -0.15) is 13.2 Å². The molecule has 0 atom stereocenters. The molecule has 3 amide bonds. The van der Waals surface area contributed by atoms with Crippen LogP contribution in [0, 0.1) is 0 Å².